The fourth-order valence-corrected chi connectivity index (χ4v) is 4.10. The maximum absolute atomic E-state index is 12.4. The zero-order chi connectivity index (χ0) is 14.0. The zero-order valence-corrected chi connectivity index (χ0v) is 11.2. The highest BCUT2D eigenvalue weighted by atomic mass is 32.2. The van der Waals surface area contributed by atoms with Crippen molar-refractivity contribution < 1.29 is 23.1 Å². The lowest BCUT2D eigenvalue weighted by Crippen LogP contribution is -2.62. The summed E-state index contributed by atoms with van der Waals surface area (Å²) >= 11 is 0. The maximum Gasteiger partial charge on any atom is 0.323 e. The molecule has 2 heterocycles. The van der Waals surface area contributed by atoms with Gasteiger partial charge in [-0.1, -0.05) is 6.42 Å². The second-order valence-electron chi connectivity index (χ2n) is 4.67. The molecule has 9 heteroatoms. The van der Waals surface area contributed by atoms with Crippen LogP contribution in [0.15, 0.2) is 0 Å². The van der Waals surface area contributed by atoms with Gasteiger partial charge in [0.05, 0.1) is 6.54 Å². The molecule has 19 heavy (non-hydrogen) atoms. The highest BCUT2D eigenvalue weighted by molar-refractivity contribution is 7.86. The minimum Gasteiger partial charge on any atom is -0.480 e. The van der Waals surface area contributed by atoms with Crippen molar-refractivity contribution in [3.63, 3.8) is 0 Å². The number of carboxylic acid groups (broad SMARTS) is 1. The molecular formula is C10H17N3O5S. The van der Waals surface area contributed by atoms with Crippen molar-refractivity contribution in [2.75, 3.05) is 26.2 Å². The van der Waals surface area contributed by atoms with Crippen molar-refractivity contribution >= 4 is 22.1 Å². The Morgan fingerprint density at radius 2 is 1.89 bits per heavy atom. The third kappa shape index (κ3) is 2.88. The Morgan fingerprint density at radius 3 is 2.47 bits per heavy atom. The van der Waals surface area contributed by atoms with Crippen LogP contribution in [-0.4, -0.2) is 66.2 Å². The van der Waals surface area contributed by atoms with Crippen LogP contribution in [0.3, 0.4) is 0 Å². The number of carbonyl (C=O) groups excluding carboxylic acids is 1. The Balaban J connectivity index is 2.24. The monoisotopic (exact) mass is 291 g/mol. The second-order valence-corrected chi connectivity index (χ2v) is 6.55. The van der Waals surface area contributed by atoms with Gasteiger partial charge in [0.2, 0.25) is 5.91 Å². The number of piperidine rings is 1. The molecule has 0 aromatic heterocycles. The summed E-state index contributed by atoms with van der Waals surface area (Å²) in [5.41, 5.74) is 0. The van der Waals surface area contributed by atoms with Crippen LogP contribution in [0, 0.1) is 0 Å². The summed E-state index contributed by atoms with van der Waals surface area (Å²) in [5, 5.41) is 11.5. The number of aliphatic carboxylic acids is 1. The van der Waals surface area contributed by atoms with Crippen LogP contribution < -0.4 is 5.32 Å². The summed E-state index contributed by atoms with van der Waals surface area (Å²) in [4.78, 5) is 22.5. The van der Waals surface area contributed by atoms with Crippen LogP contribution in [0.5, 0.6) is 0 Å². The fraction of sp³-hybridized carbons (Fsp3) is 0.800. The van der Waals surface area contributed by atoms with E-state index in [1.54, 1.807) is 0 Å². The highest BCUT2D eigenvalue weighted by Crippen LogP contribution is 2.19. The van der Waals surface area contributed by atoms with Gasteiger partial charge in [0.25, 0.3) is 10.2 Å². The topological polar surface area (TPSA) is 107 Å². The van der Waals surface area contributed by atoms with Gasteiger partial charge in [-0.2, -0.15) is 17.0 Å². The number of carboxylic acids is 1. The molecule has 0 aromatic rings. The third-order valence-electron chi connectivity index (χ3n) is 3.36. The molecule has 0 saturated carbocycles. The lowest BCUT2D eigenvalue weighted by atomic mass is 10.2. The van der Waals surface area contributed by atoms with Gasteiger partial charge in [-0.25, -0.2) is 0 Å². The van der Waals surface area contributed by atoms with E-state index < -0.39 is 34.7 Å². The van der Waals surface area contributed by atoms with Crippen LogP contribution in [0.2, 0.25) is 0 Å². The van der Waals surface area contributed by atoms with E-state index in [2.05, 4.69) is 5.32 Å². The molecule has 0 aromatic carbocycles. The van der Waals surface area contributed by atoms with Crippen molar-refractivity contribution in [2.24, 2.45) is 0 Å². The summed E-state index contributed by atoms with van der Waals surface area (Å²) < 4.78 is 26.9. The van der Waals surface area contributed by atoms with E-state index in [0.717, 1.165) is 23.6 Å². The number of piperazine rings is 1. The smallest absolute Gasteiger partial charge is 0.323 e. The van der Waals surface area contributed by atoms with Crippen LogP contribution in [0.25, 0.3) is 0 Å². The maximum atomic E-state index is 12.4. The minimum atomic E-state index is -3.89. The molecular weight excluding hydrogens is 274 g/mol. The molecule has 2 aliphatic heterocycles. The molecule has 2 aliphatic rings. The largest absolute Gasteiger partial charge is 0.480 e. The first-order valence-electron chi connectivity index (χ1n) is 6.19. The normalized spacial score (nSPS) is 26.9. The van der Waals surface area contributed by atoms with E-state index in [4.69, 9.17) is 5.11 Å². The van der Waals surface area contributed by atoms with Gasteiger partial charge in [0, 0.05) is 19.6 Å². The number of hydrogen-bond acceptors (Lipinski definition) is 4. The Bertz CT molecular complexity index is 472. The predicted molar refractivity (Wildman–Crippen MR) is 65.5 cm³/mol. The first-order chi connectivity index (χ1) is 8.93. The molecule has 2 saturated heterocycles. The van der Waals surface area contributed by atoms with E-state index in [9.17, 15) is 18.0 Å². The molecule has 0 radical (unpaired) electrons. The first-order valence-corrected chi connectivity index (χ1v) is 7.59. The Morgan fingerprint density at radius 1 is 1.26 bits per heavy atom. The zero-order valence-electron chi connectivity index (χ0n) is 10.4. The van der Waals surface area contributed by atoms with Gasteiger partial charge in [-0.05, 0) is 12.8 Å². The molecule has 2 rings (SSSR count). The van der Waals surface area contributed by atoms with Crippen molar-refractivity contribution in [1.29, 1.82) is 0 Å². The quantitative estimate of drug-likeness (QED) is 0.665. The van der Waals surface area contributed by atoms with Crippen LogP contribution in [0.4, 0.5) is 0 Å². The Labute approximate surface area is 111 Å². The average Bonchev–Trinajstić information content (AvgIpc) is 2.39. The molecule has 8 nitrogen and oxygen atoms in total. The van der Waals surface area contributed by atoms with E-state index >= 15 is 0 Å². The molecule has 1 unspecified atom stereocenters. The van der Waals surface area contributed by atoms with Gasteiger partial charge in [-0.15, -0.1) is 0 Å². The predicted octanol–water partition coefficient (Wildman–Crippen LogP) is -1.40. The minimum absolute atomic E-state index is 0.193. The highest BCUT2D eigenvalue weighted by Gasteiger charge is 2.42. The molecule has 0 bridgehead atoms. The molecule has 2 N–H and O–H groups in total. The Kier molecular flexibility index (Phi) is 4.07. The van der Waals surface area contributed by atoms with Gasteiger partial charge < -0.3 is 10.4 Å². The van der Waals surface area contributed by atoms with Gasteiger partial charge >= 0.3 is 5.97 Å². The van der Waals surface area contributed by atoms with Gasteiger partial charge in [0.15, 0.2) is 0 Å². The molecule has 1 atom stereocenters. The number of carbonyl (C=O) groups is 2. The number of nitrogens with zero attached hydrogens (tertiary/aromatic N) is 2. The van der Waals surface area contributed by atoms with Gasteiger partial charge in [0.1, 0.15) is 6.04 Å². The lowest BCUT2D eigenvalue weighted by molar-refractivity contribution is -0.143. The van der Waals surface area contributed by atoms with E-state index in [0.29, 0.717) is 13.1 Å². The summed E-state index contributed by atoms with van der Waals surface area (Å²) in [6.45, 7) is 0.136. The summed E-state index contributed by atoms with van der Waals surface area (Å²) in [7, 11) is -3.89. The lowest BCUT2D eigenvalue weighted by Gasteiger charge is -2.36. The standard InChI is InChI=1S/C10H17N3O5S/c14-9-7-13(8(6-11-9)10(15)16)19(17,18)12-4-2-1-3-5-12/h8H,1-7H2,(H,11,14)(H,15,16). The van der Waals surface area contributed by atoms with Crippen molar-refractivity contribution in [1.82, 2.24) is 13.9 Å². The molecule has 0 spiro atoms. The van der Waals surface area contributed by atoms with Crippen LogP contribution in [0.1, 0.15) is 19.3 Å². The van der Waals surface area contributed by atoms with E-state index in [1.807, 2.05) is 0 Å². The second kappa shape index (κ2) is 5.43. The average molecular weight is 291 g/mol. The fourth-order valence-electron chi connectivity index (χ4n) is 2.32. The summed E-state index contributed by atoms with van der Waals surface area (Å²) in [6.07, 6.45) is 2.49. The molecule has 108 valence electrons. The first kappa shape index (κ1) is 14.2. The Hall–Kier alpha value is -1.19. The number of nitrogens with one attached hydrogen (secondary N) is 1. The molecule has 1 amide bonds. The SMILES string of the molecule is O=C1CN(S(=O)(=O)N2CCCCC2)C(C(=O)O)CN1. The number of hydrogen-bond donors (Lipinski definition) is 2. The summed E-state index contributed by atoms with van der Waals surface area (Å²) in [6, 6.07) is -1.23. The summed E-state index contributed by atoms with van der Waals surface area (Å²) in [5.74, 6) is -1.72. The van der Waals surface area contributed by atoms with Crippen LogP contribution in [-0.2, 0) is 19.8 Å². The van der Waals surface area contributed by atoms with Crippen molar-refractivity contribution in [3.8, 4) is 0 Å². The van der Waals surface area contributed by atoms with Crippen molar-refractivity contribution in [3.05, 3.63) is 0 Å². The number of amides is 1. The van der Waals surface area contributed by atoms with Crippen LogP contribution >= 0.6 is 0 Å². The van der Waals surface area contributed by atoms with Crippen molar-refractivity contribution in [2.45, 2.75) is 25.3 Å². The van der Waals surface area contributed by atoms with Gasteiger partial charge in [-0.3, -0.25) is 9.59 Å². The van der Waals surface area contributed by atoms with E-state index in [1.165, 1.54) is 4.31 Å². The molecule has 0 aliphatic carbocycles. The number of rotatable bonds is 3. The van der Waals surface area contributed by atoms with E-state index in [-0.39, 0.29) is 6.54 Å². The third-order valence-corrected chi connectivity index (χ3v) is 5.36. The molecule has 2 fully saturated rings.